The molecule has 0 bridgehead atoms. The number of hydrogen-bond acceptors (Lipinski definition) is 6. The first-order valence-corrected chi connectivity index (χ1v) is 12.0. The van der Waals surface area contributed by atoms with E-state index in [1.807, 2.05) is 37.1 Å². The molecular weight excluding hydrogens is 471 g/mol. The summed E-state index contributed by atoms with van der Waals surface area (Å²) in [5.41, 5.74) is 0.319. The van der Waals surface area contributed by atoms with Gasteiger partial charge >= 0.3 is 6.18 Å². The lowest BCUT2D eigenvalue weighted by Crippen LogP contribution is -2.30. The van der Waals surface area contributed by atoms with Crippen molar-refractivity contribution >= 4 is 46.0 Å². The molecule has 0 N–H and O–H groups in total. The Bertz CT molecular complexity index is 1150. The first-order valence-electron chi connectivity index (χ1n) is 10.3. The van der Waals surface area contributed by atoms with Gasteiger partial charge in [0, 0.05) is 24.6 Å². The molecule has 2 heterocycles. The monoisotopic (exact) mass is 493 g/mol. The summed E-state index contributed by atoms with van der Waals surface area (Å²) < 4.78 is 44.7. The van der Waals surface area contributed by atoms with E-state index in [0.717, 1.165) is 40.6 Å². The van der Waals surface area contributed by atoms with Crippen molar-refractivity contribution in [3.63, 3.8) is 0 Å². The molecule has 10 heteroatoms. The highest BCUT2D eigenvalue weighted by Gasteiger charge is 2.39. The maximum atomic E-state index is 13.4. The van der Waals surface area contributed by atoms with E-state index in [2.05, 4.69) is 4.99 Å². The third-order valence-electron chi connectivity index (χ3n) is 5.23. The smallest absolute Gasteiger partial charge is 0.416 e. The van der Waals surface area contributed by atoms with E-state index in [9.17, 15) is 18.0 Å². The number of halogens is 3. The number of alkyl halides is 3. The summed E-state index contributed by atoms with van der Waals surface area (Å²) in [6.45, 7) is 2.47. The summed E-state index contributed by atoms with van der Waals surface area (Å²) in [7, 11) is 3.48. The number of amides is 1. The van der Waals surface area contributed by atoms with Crippen molar-refractivity contribution < 1.29 is 22.7 Å². The van der Waals surface area contributed by atoms with Crippen molar-refractivity contribution in [2.75, 3.05) is 25.6 Å². The van der Waals surface area contributed by atoms with E-state index >= 15 is 0 Å². The molecule has 5 nitrogen and oxygen atoms in total. The molecule has 2 aliphatic rings. The standard InChI is InChI=1S/C23H22F3N3O2S2/c1-4-5-11-29-20(30)19(21-28(2)17-13-16(31-3)9-10-18(17)32-21)33-22(29)27-15-8-6-7-14(12-15)23(24,25)26/h6-10,12-13H,4-5,11H2,1-3H3/b21-19-,27-22?. The number of aliphatic imine (C=N–C) groups is 1. The molecule has 2 aromatic carbocycles. The maximum Gasteiger partial charge on any atom is 0.416 e. The van der Waals surface area contributed by atoms with E-state index in [-0.39, 0.29) is 11.6 Å². The second-order valence-corrected chi connectivity index (χ2v) is 9.49. The van der Waals surface area contributed by atoms with Gasteiger partial charge in [-0.3, -0.25) is 9.69 Å². The summed E-state index contributed by atoms with van der Waals surface area (Å²) in [6, 6.07) is 10.6. The molecule has 0 saturated carbocycles. The summed E-state index contributed by atoms with van der Waals surface area (Å²) in [5, 5.41) is 1.15. The number of nitrogens with zero attached hydrogens (tertiary/aromatic N) is 3. The van der Waals surface area contributed by atoms with Crippen LogP contribution in [0.2, 0.25) is 0 Å². The Kier molecular flexibility index (Phi) is 6.67. The number of benzene rings is 2. The molecule has 2 aromatic rings. The molecule has 2 aliphatic heterocycles. The normalized spacial score (nSPS) is 19.6. The zero-order chi connectivity index (χ0) is 23.8. The molecule has 33 heavy (non-hydrogen) atoms. The minimum absolute atomic E-state index is 0.160. The number of thioether (sulfide) groups is 2. The number of rotatable bonds is 5. The van der Waals surface area contributed by atoms with Gasteiger partial charge in [0.15, 0.2) is 5.17 Å². The molecule has 0 unspecified atom stereocenters. The molecule has 0 atom stereocenters. The van der Waals surface area contributed by atoms with Crippen molar-refractivity contribution in [1.82, 2.24) is 4.90 Å². The first-order chi connectivity index (χ1) is 15.7. The minimum atomic E-state index is -4.46. The minimum Gasteiger partial charge on any atom is -0.497 e. The molecule has 0 spiro atoms. The van der Waals surface area contributed by atoms with Crippen LogP contribution in [0.25, 0.3) is 0 Å². The Morgan fingerprint density at radius 2 is 1.91 bits per heavy atom. The number of anilines is 1. The van der Waals surface area contributed by atoms with Crippen LogP contribution in [0, 0.1) is 0 Å². The van der Waals surface area contributed by atoms with Crippen LogP contribution >= 0.6 is 23.5 Å². The van der Waals surface area contributed by atoms with Crippen LogP contribution in [0.15, 0.2) is 62.3 Å². The zero-order valence-corrected chi connectivity index (χ0v) is 19.9. The summed E-state index contributed by atoms with van der Waals surface area (Å²) in [5.74, 6) is 0.530. The van der Waals surface area contributed by atoms with Gasteiger partial charge in [-0.05, 0) is 48.5 Å². The van der Waals surface area contributed by atoms with Gasteiger partial charge in [0.2, 0.25) is 0 Å². The lowest BCUT2D eigenvalue weighted by molar-refractivity contribution is -0.137. The average Bonchev–Trinajstić information content (AvgIpc) is 3.27. The van der Waals surface area contributed by atoms with E-state index in [1.54, 1.807) is 12.0 Å². The lowest BCUT2D eigenvalue weighted by atomic mass is 10.2. The highest BCUT2D eigenvalue weighted by molar-refractivity contribution is 8.19. The fourth-order valence-electron chi connectivity index (χ4n) is 3.45. The van der Waals surface area contributed by atoms with Gasteiger partial charge < -0.3 is 9.64 Å². The van der Waals surface area contributed by atoms with Crippen LogP contribution < -0.4 is 9.64 Å². The molecule has 0 radical (unpaired) electrons. The van der Waals surface area contributed by atoms with Crippen molar-refractivity contribution in [3.8, 4) is 5.75 Å². The average molecular weight is 494 g/mol. The van der Waals surface area contributed by atoms with E-state index in [4.69, 9.17) is 4.74 Å². The maximum absolute atomic E-state index is 13.4. The SMILES string of the molecule is CCCCN1C(=O)/C(=C2/Sc3ccc(OC)cc3N2C)SC1=Nc1cccc(C(F)(F)F)c1. The highest BCUT2D eigenvalue weighted by Crippen LogP contribution is 2.51. The molecule has 0 aliphatic carbocycles. The number of hydrogen-bond donors (Lipinski definition) is 0. The number of fused-ring (bicyclic) bond motifs is 1. The third kappa shape index (κ3) is 4.72. The van der Waals surface area contributed by atoms with Gasteiger partial charge in [-0.2, -0.15) is 13.2 Å². The lowest BCUT2D eigenvalue weighted by Gasteiger charge is -2.16. The number of unbranched alkanes of at least 4 members (excludes halogenated alkanes) is 1. The van der Waals surface area contributed by atoms with Crippen LogP contribution in [0.3, 0.4) is 0 Å². The van der Waals surface area contributed by atoms with Crippen LogP contribution in [-0.4, -0.2) is 36.7 Å². The third-order valence-corrected chi connectivity index (χ3v) is 7.66. The fraction of sp³-hybridized carbons (Fsp3) is 0.304. The molecule has 174 valence electrons. The largest absolute Gasteiger partial charge is 0.497 e. The van der Waals surface area contributed by atoms with Gasteiger partial charge in [0.25, 0.3) is 5.91 Å². The second kappa shape index (κ2) is 9.34. The quantitative estimate of drug-likeness (QED) is 0.446. The van der Waals surface area contributed by atoms with Crippen LogP contribution in [0.1, 0.15) is 25.3 Å². The Morgan fingerprint density at radius 1 is 1.12 bits per heavy atom. The van der Waals surface area contributed by atoms with E-state index in [0.29, 0.717) is 22.4 Å². The molecule has 1 fully saturated rings. The van der Waals surface area contributed by atoms with Crippen molar-refractivity contribution in [3.05, 3.63) is 58.0 Å². The van der Waals surface area contributed by atoms with Gasteiger partial charge in [-0.15, -0.1) is 0 Å². The Hall–Kier alpha value is -2.59. The number of ether oxygens (including phenoxy) is 1. The topological polar surface area (TPSA) is 45.1 Å². The first kappa shape index (κ1) is 23.6. The van der Waals surface area contributed by atoms with E-state index in [1.165, 1.54) is 35.7 Å². The highest BCUT2D eigenvalue weighted by atomic mass is 32.2. The van der Waals surface area contributed by atoms with Gasteiger partial charge in [-0.25, -0.2) is 4.99 Å². The van der Waals surface area contributed by atoms with Crippen molar-refractivity contribution in [2.24, 2.45) is 4.99 Å². The molecule has 1 saturated heterocycles. The second-order valence-electron chi connectivity index (χ2n) is 7.48. The Labute approximate surface area is 198 Å². The predicted octanol–water partition coefficient (Wildman–Crippen LogP) is 6.49. The Balaban J connectivity index is 1.72. The van der Waals surface area contributed by atoms with Gasteiger partial charge in [0.05, 0.1) is 29.1 Å². The fourth-order valence-corrected chi connectivity index (χ4v) is 5.80. The zero-order valence-electron chi connectivity index (χ0n) is 18.3. The summed E-state index contributed by atoms with van der Waals surface area (Å²) in [4.78, 5) is 22.8. The summed E-state index contributed by atoms with van der Waals surface area (Å²) in [6.07, 6.45) is -2.83. The molecule has 0 aromatic heterocycles. The molecule has 4 rings (SSSR count). The Morgan fingerprint density at radius 3 is 2.61 bits per heavy atom. The predicted molar refractivity (Wildman–Crippen MR) is 127 cm³/mol. The number of methoxy groups -OCH3 is 1. The van der Waals surface area contributed by atoms with E-state index < -0.39 is 11.7 Å². The van der Waals surface area contributed by atoms with Crippen LogP contribution in [0.4, 0.5) is 24.5 Å². The van der Waals surface area contributed by atoms with Gasteiger partial charge in [-0.1, -0.05) is 31.2 Å². The number of amidine groups is 1. The van der Waals surface area contributed by atoms with Crippen LogP contribution in [-0.2, 0) is 11.0 Å². The molecule has 1 amide bonds. The molecular formula is C23H22F3N3O2S2. The van der Waals surface area contributed by atoms with Crippen molar-refractivity contribution in [2.45, 2.75) is 30.8 Å². The van der Waals surface area contributed by atoms with Crippen molar-refractivity contribution in [1.29, 1.82) is 0 Å². The van der Waals surface area contributed by atoms with Gasteiger partial charge in [0.1, 0.15) is 10.7 Å². The number of carbonyl (C=O) groups is 1. The summed E-state index contributed by atoms with van der Waals surface area (Å²) >= 11 is 2.68. The number of carbonyl (C=O) groups excluding carboxylic acids is 1. The van der Waals surface area contributed by atoms with Crippen LogP contribution in [0.5, 0.6) is 5.75 Å².